The molecule has 18 heavy (non-hydrogen) atoms. The Labute approximate surface area is 110 Å². The van der Waals surface area contributed by atoms with Gasteiger partial charge in [0.05, 0.1) is 12.5 Å². The highest BCUT2D eigenvalue weighted by Crippen LogP contribution is 2.26. The molecule has 0 bridgehead atoms. The van der Waals surface area contributed by atoms with Gasteiger partial charge in [0, 0.05) is 19.1 Å². The minimum absolute atomic E-state index is 0.0801. The zero-order valence-electron chi connectivity index (χ0n) is 11.4. The largest absolute Gasteiger partial charge is 0.395 e. The van der Waals surface area contributed by atoms with E-state index in [-0.39, 0.29) is 18.4 Å². The van der Waals surface area contributed by atoms with Gasteiger partial charge in [-0.05, 0) is 25.3 Å². The normalized spacial score (nSPS) is 29.4. The number of carbonyl (C=O) groups excluding carboxylic acids is 1. The predicted molar refractivity (Wildman–Crippen MR) is 71.2 cm³/mol. The van der Waals surface area contributed by atoms with Gasteiger partial charge in [0.1, 0.15) is 0 Å². The minimum atomic E-state index is 0.0801. The molecular formula is C14H26N2O2. The molecule has 2 N–H and O–H groups in total. The molecule has 0 radical (unpaired) electrons. The third kappa shape index (κ3) is 3.04. The first-order chi connectivity index (χ1) is 8.74. The van der Waals surface area contributed by atoms with Crippen LogP contribution < -0.4 is 5.32 Å². The molecule has 0 spiro atoms. The van der Waals surface area contributed by atoms with Crippen molar-refractivity contribution in [1.29, 1.82) is 0 Å². The molecule has 0 aromatic carbocycles. The molecule has 1 saturated carbocycles. The molecule has 1 aliphatic carbocycles. The lowest BCUT2D eigenvalue weighted by atomic mass is 9.91. The Morgan fingerprint density at radius 2 is 2.00 bits per heavy atom. The summed E-state index contributed by atoms with van der Waals surface area (Å²) in [5.41, 5.74) is 0. The van der Waals surface area contributed by atoms with Crippen LogP contribution in [0.4, 0.5) is 0 Å². The second kappa shape index (κ2) is 6.53. The summed E-state index contributed by atoms with van der Waals surface area (Å²) in [5, 5.41) is 12.5. The first kappa shape index (κ1) is 13.8. The zero-order chi connectivity index (χ0) is 13.0. The minimum Gasteiger partial charge on any atom is -0.395 e. The third-order valence-electron chi connectivity index (χ3n) is 4.47. The highest BCUT2D eigenvalue weighted by Gasteiger charge is 2.35. The van der Waals surface area contributed by atoms with Crippen molar-refractivity contribution in [3.05, 3.63) is 0 Å². The summed E-state index contributed by atoms with van der Waals surface area (Å²) in [6.45, 7) is 4.47. The molecule has 1 amide bonds. The molecule has 2 rings (SSSR count). The highest BCUT2D eigenvalue weighted by molar-refractivity contribution is 5.80. The van der Waals surface area contributed by atoms with Gasteiger partial charge in [0.2, 0.25) is 5.91 Å². The van der Waals surface area contributed by atoms with E-state index in [2.05, 4.69) is 12.2 Å². The number of nitrogens with one attached hydrogen (secondary N) is 1. The van der Waals surface area contributed by atoms with Crippen LogP contribution in [0.5, 0.6) is 0 Å². The van der Waals surface area contributed by atoms with Gasteiger partial charge in [-0.15, -0.1) is 0 Å². The number of nitrogens with zero attached hydrogens (tertiary/aromatic N) is 1. The maximum Gasteiger partial charge on any atom is 0.227 e. The van der Waals surface area contributed by atoms with Crippen LogP contribution >= 0.6 is 0 Å². The van der Waals surface area contributed by atoms with Crippen LogP contribution in [0.2, 0.25) is 0 Å². The Morgan fingerprint density at radius 1 is 1.28 bits per heavy atom. The first-order valence-electron chi connectivity index (χ1n) is 7.36. The molecule has 4 heteroatoms. The Balaban J connectivity index is 2.01. The fourth-order valence-electron chi connectivity index (χ4n) is 3.33. The quantitative estimate of drug-likeness (QED) is 0.787. The number of aliphatic hydroxyl groups is 1. The molecule has 1 aliphatic heterocycles. The van der Waals surface area contributed by atoms with Crippen molar-refractivity contribution >= 4 is 5.91 Å². The zero-order valence-corrected chi connectivity index (χ0v) is 11.4. The molecule has 2 aliphatic rings. The number of hydrogen-bond acceptors (Lipinski definition) is 3. The van der Waals surface area contributed by atoms with Gasteiger partial charge >= 0.3 is 0 Å². The Hall–Kier alpha value is -0.610. The number of rotatable bonds is 4. The van der Waals surface area contributed by atoms with E-state index >= 15 is 0 Å². The van der Waals surface area contributed by atoms with Crippen LogP contribution in [0.15, 0.2) is 0 Å². The van der Waals surface area contributed by atoms with Crippen molar-refractivity contribution in [2.75, 3.05) is 26.2 Å². The molecule has 0 aromatic heterocycles. The van der Waals surface area contributed by atoms with Gasteiger partial charge in [0.25, 0.3) is 0 Å². The van der Waals surface area contributed by atoms with Crippen molar-refractivity contribution < 1.29 is 9.90 Å². The van der Waals surface area contributed by atoms with Gasteiger partial charge in [-0.3, -0.25) is 4.79 Å². The van der Waals surface area contributed by atoms with Gasteiger partial charge in [0.15, 0.2) is 0 Å². The lowest BCUT2D eigenvalue weighted by molar-refractivity contribution is -0.139. The Bertz CT molecular complexity index is 277. The maximum atomic E-state index is 12.6. The molecule has 104 valence electrons. The van der Waals surface area contributed by atoms with Crippen molar-refractivity contribution in [2.24, 2.45) is 11.8 Å². The van der Waals surface area contributed by atoms with Crippen molar-refractivity contribution in [3.8, 4) is 0 Å². The average Bonchev–Trinajstić information content (AvgIpc) is 2.82. The number of carbonyl (C=O) groups is 1. The Morgan fingerprint density at radius 3 is 2.56 bits per heavy atom. The van der Waals surface area contributed by atoms with Gasteiger partial charge in [-0.2, -0.15) is 0 Å². The molecule has 2 atom stereocenters. The molecule has 1 heterocycles. The topological polar surface area (TPSA) is 52.6 Å². The van der Waals surface area contributed by atoms with Gasteiger partial charge in [-0.25, -0.2) is 0 Å². The second-order valence-electron chi connectivity index (χ2n) is 5.79. The van der Waals surface area contributed by atoms with Crippen molar-refractivity contribution in [3.63, 3.8) is 0 Å². The van der Waals surface area contributed by atoms with E-state index in [4.69, 9.17) is 0 Å². The van der Waals surface area contributed by atoms with Crippen LogP contribution in [0.3, 0.4) is 0 Å². The smallest absolute Gasteiger partial charge is 0.227 e. The van der Waals surface area contributed by atoms with Gasteiger partial charge < -0.3 is 15.3 Å². The monoisotopic (exact) mass is 254 g/mol. The van der Waals surface area contributed by atoms with Crippen LogP contribution in [0, 0.1) is 11.8 Å². The summed E-state index contributed by atoms with van der Waals surface area (Å²) in [6.07, 6.45) is 5.95. The van der Waals surface area contributed by atoms with Crippen LogP contribution in [0.25, 0.3) is 0 Å². The number of aliphatic hydroxyl groups excluding tert-OH is 1. The van der Waals surface area contributed by atoms with E-state index in [1.807, 2.05) is 4.90 Å². The molecular weight excluding hydrogens is 228 g/mol. The summed E-state index contributed by atoms with van der Waals surface area (Å²) < 4.78 is 0. The standard InChI is InChI=1S/C14H26N2O2/c1-11-9-15-10-13(11)14(18)16(7-8-17)12-5-3-2-4-6-12/h11-13,15,17H,2-10H2,1H3. The summed E-state index contributed by atoms with van der Waals surface area (Å²) in [4.78, 5) is 14.6. The molecule has 1 saturated heterocycles. The maximum absolute atomic E-state index is 12.6. The summed E-state index contributed by atoms with van der Waals surface area (Å²) in [6, 6.07) is 0.367. The molecule has 2 fully saturated rings. The summed E-state index contributed by atoms with van der Waals surface area (Å²) in [7, 11) is 0. The first-order valence-corrected chi connectivity index (χ1v) is 7.36. The fraction of sp³-hybridized carbons (Fsp3) is 0.929. The Kier molecular flexibility index (Phi) is 5.01. The highest BCUT2D eigenvalue weighted by atomic mass is 16.3. The van der Waals surface area contributed by atoms with Crippen LogP contribution in [-0.2, 0) is 4.79 Å². The van der Waals surface area contributed by atoms with Crippen LogP contribution in [0.1, 0.15) is 39.0 Å². The van der Waals surface area contributed by atoms with Crippen molar-refractivity contribution in [2.45, 2.75) is 45.1 Å². The number of amides is 1. The van der Waals surface area contributed by atoms with E-state index in [0.29, 0.717) is 18.5 Å². The van der Waals surface area contributed by atoms with E-state index in [0.717, 1.165) is 25.9 Å². The lowest BCUT2D eigenvalue weighted by Crippen LogP contribution is -2.47. The van der Waals surface area contributed by atoms with Crippen LogP contribution in [-0.4, -0.2) is 48.2 Å². The van der Waals surface area contributed by atoms with Gasteiger partial charge in [-0.1, -0.05) is 26.2 Å². The predicted octanol–water partition coefficient (Wildman–Crippen LogP) is 0.995. The lowest BCUT2D eigenvalue weighted by Gasteiger charge is -2.36. The van der Waals surface area contributed by atoms with Crippen molar-refractivity contribution in [1.82, 2.24) is 10.2 Å². The third-order valence-corrected chi connectivity index (χ3v) is 4.47. The summed E-state index contributed by atoms with van der Waals surface area (Å²) in [5.74, 6) is 0.786. The van der Waals surface area contributed by atoms with E-state index in [1.165, 1.54) is 19.3 Å². The van der Waals surface area contributed by atoms with E-state index in [9.17, 15) is 9.90 Å². The summed E-state index contributed by atoms with van der Waals surface area (Å²) >= 11 is 0. The van der Waals surface area contributed by atoms with E-state index < -0.39 is 0 Å². The molecule has 4 nitrogen and oxygen atoms in total. The number of hydrogen-bond donors (Lipinski definition) is 2. The SMILES string of the molecule is CC1CNCC1C(=O)N(CCO)C1CCCCC1. The molecule has 2 unspecified atom stereocenters. The van der Waals surface area contributed by atoms with E-state index in [1.54, 1.807) is 0 Å². The second-order valence-corrected chi connectivity index (χ2v) is 5.79. The molecule has 0 aromatic rings. The average molecular weight is 254 g/mol. The fourth-order valence-corrected chi connectivity index (χ4v) is 3.33.